The highest BCUT2D eigenvalue weighted by Crippen LogP contribution is 2.31. The van der Waals surface area contributed by atoms with Gasteiger partial charge in [0, 0.05) is 16.8 Å². The van der Waals surface area contributed by atoms with Gasteiger partial charge in [-0.2, -0.15) is 0 Å². The monoisotopic (exact) mass is 413 g/mol. The normalized spacial score (nSPS) is 13.8. The van der Waals surface area contributed by atoms with Crippen molar-refractivity contribution in [3.63, 3.8) is 0 Å². The summed E-state index contributed by atoms with van der Waals surface area (Å²) in [7, 11) is 0. The molecule has 0 N–H and O–H groups in total. The van der Waals surface area contributed by atoms with Gasteiger partial charge in [0.1, 0.15) is 0 Å². The standard InChI is InChI=1S/C21H23N3O2S2/c1-3-27-19-10-11-22-17(14(19)2)13-28-20-23-16-6-4-5-7-18(16)24(20)21(25)26-12-15-8-9-15/h4-7,10-11,15H,3,8-9,12-13H2,1-2H3. The van der Waals surface area contributed by atoms with Crippen LogP contribution in [0.5, 0.6) is 0 Å². The molecular formula is C21H23N3O2S2. The molecule has 0 unspecified atom stereocenters. The van der Waals surface area contributed by atoms with Gasteiger partial charge < -0.3 is 4.74 Å². The third-order valence-electron chi connectivity index (χ3n) is 4.75. The molecule has 1 saturated carbocycles. The molecule has 28 heavy (non-hydrogen) atoms. The largest absolute Gasteiger partial charge is 0.449 e. The maximum Gasteiger partial charge on any atom is 0.420 e. The van der Waals surface area contributed by atoms with Gasteiger partial charge in [-0.25, -0.2) is 14.3 Å². The zero-order chi connectivity index (χ0) is 19.5. The summed E-state index contributed by atoms with van der Waals surface area (Å²) in [5.74, 6) is 2.21. The zero-order valence-electron chi connectivity index (χ0n) is 16.1. The van der Waals surface area contributed by atoms with Gasteiger partial charge in [0.05, 0.1) is 23.3 Å². The molecule has 0 saturated heterocycles. The van der Waals surface area contributed by atoms with Crippen molar-refractivity contribution in [3.05, 3.63) is 47.8 Å². The van der Waals surface area contributed by atoms with E-state index in [-0.39, 0.29) is 6.09 Å². The minimum absolute atomic E-state index is 0.344. The van der Waals surface area contributed by atoms with Gasteiger partial charge in [0.25, 0.3) is 0 Å². The number of rotatable bonds is 7. The molecule has 0 bridgehead atoms. The van der Waals surface area contributed by atoms with E-state index in [4.69, 9.17) is 4.74 Å². The number of thioether (sulfide) groups is 2. The molecule has 2 aromatic heterocycles. The first kappa shape index (κ1) is 19.3. The van der Waals surface area contributed by atoms with Crippen LogP contribution in [0.4, 0.5) is 4.79 Å². The summed E-state index contributed by atoms with van der Waals surface area (Å²) in [6.07, 6.45) is 3.81. The lowest BCUT2D eigenvalue weighted by Gasteiger charge is -2.10. The molecule has 0 amide bonds. The van der Waals surface area contributed by atoms with Gasteiger partial charge in [-0.1, -0.05) is 30.8 Å². The molecule has 1 fully saturated rings. The number of carbonyl (C=O) groups is 1. The predicted molar refractivity (Wildman–Crippen MR) is 114 cm³/mol. The first-order valence-electron chi connectivity index (χ1n) is 9.52. The number of ether oxygens (including phenoxy) is 1. The van der Waals surface area contributed by atoms with Crippen LogP contribution in [-0.4, -0.2) is 33.0 Å². The molecule has 0 spiro atoms. The summed E-state index contributed by atoms with van der Waals surface area (Å²) >= 11 is 3.34. The van der Waals surface area contributed by atoms with Crippen molar-refractivity contribution >= 4 is 40.7 Å². The molecule has 0 radical (unpaired) electrons. The third-order valence-corrected chi connectivity index (χ3v) is 6.74. The molecular weight excluding hydrogens is 390 g/mol. The van der Waals surface area contributed by atoms with E-state index in [1.165, 1.54) is 22.2 Å². The molecule has 146 valence electrons. The van der Waals surface area contributed by atoms with E-state index >= 15 is 0 Å². The Morgan fingerprint density at radius 2 is 2.07 bits per heavy atom. The van der Waals surface area contributed by atoms with Crippen LogP contribution < -0.4 is 0 Å². The van der Waals surface area contributed by atoms with Crippen LogP contribution in [0.25, 0.3) is 11.0 Å². The fourth-order valence-corrected chi connectivity index (χ4v) is 4.79. The van der Waals surface area contributed by atoms with E-state index < -0.39 is 0 Å². The number of aromatic nitrogens is 3. The molecule has 0 atom stereocenters. The van der Waals surface area contributed by atoms with Crippen LogP contribution in [0.1, 0.15) is 31.0 Å². The number of fused-ring (bicyclic) bond motifs is 1. The summed E-state index contributed by atoms with van der Waals surface area (Å²) in [6, 6.07) is 9.74. The molecule has 4 rings (SSSR count). The maximum atomic E-state index is 12.8. The van der Waals surface area contributed by atoms with Crippen molar-refractivity contribution in [2.75, 3.05) is 12.4 Å². The van der Waals surface area contributed by atoms with Gasteiger partial charge in [-0.15, -0.1) is 11.8 Å². The topological polar surface area (TPSA) is 57.0 Å². The van der Waals surface area contributed by atoms with Crippen molar-refractivity contribution in [1.82, 2.24) is 14.5 Å². The van der Waals surface area contributed by atoms with Gasteiger partial charge in [-0.05, 0) is 55.2 Å². The number of benzene rings is 1. The summed E-state index contributed by atoms with van der Waals surface area (Å²) in [4.78, 5) is 23.2. The predicted octanol–water partition coefficient (Wildman–Crippen LogP) is 5.54. The smallest absolute Gasteiger partial charge is 0.420 e. The summed E-state index contributed by atoms with van der Waals surface area (Å²) in [6.45, 7) is 4.74. The lowest BCUT2D eigenvalue weighted by atomic mass is 10.2. The second-order valence-corrected chi connectivity index (χ2v) is 9.09. The SMILES string of the molecule is CCSc1ccnc(CSc2nc3ccccc3n2C(=O)OCC2CC2)c1C. The minimum atomic E-state index is -0.344. The Hall–Kier alpha value is -1.99. The Morgan fingerprint density at radius 1 is 1.25 bits per heavy atom. The number of nitrogens with zero attached hydrogens (tertiary/aromatic N) is 3. The highest BCUT2D eigenvalue weighted by atomic mass is 32.2. The summed E-state index contributed by atoms with van der Waals surface area (Å²) < 4.78 is 7.14. The van der Waals surface area contributed by atoms with Crippen LogP contribution in [0, 0.1) is 12.8 Å². The summed E-state index contributed by atoms with van der Waals surface area (Å²) in [5, 5.41) is 0.650. The second kappa shape index (κ2) is 8.57. The molecule has 5 nitrogen and oxygen atoms in total. The van der Waals surface area contributed by atoms with E-state index in [1.54, 1.807) is 4.57 Å². The van der Waals surface area contributed by atoms with Gasteiger partial charge >= 0.3 is 6.09 Å². The first-order chi connectivity index (χ1) is 13.7. The lowest BCUT2D eigenvalue weighted by Crippen LogP contribution is -2.16. The Labute approximate surface area is 173 Å². The van der Waals surface area contributed by atoms with Crippen molar-refractivity contribution in [2.24, 2.45) is 5.92 Å². The number of carbonyl (C=O) groups excluding carboxylic acids is 1. The fourth-order valence-electron chi connectivity index (χ4n) is 2.96. The molecule has 2 heterocycles. The molecule has 3 aromatic rings. The van der Waals surface area contributed by atoms with Gasteiger partial charge in [-0.3, -0.25) is 4.98 Å². The minimum Gasteiger partial charge on any atom is -0.449 e. The molecule has 1 aromatic carbocycles. The average molecular weight is 414 g/mol. The Balaban J connectivity index is 1.58. The number of hydrogen-bond acceptors (Lipinski definition) is 6. The first-order valence-corrected chi connectivity index (χ1v) is 11.5. The van der Waals surface area contributed by atoms with Gasteiger partial charge in [0.15, 0.2) is 5.16 Å². The highest BCUT2D eigenvalue weighted by Gasteiger charge is 2.25. The van der Waals surface area contributed by atoms with Crippen molar-refractivity contribution < 1.29 is 9.53 Å². The average Bonchev–Trinajstić information content (AvgIpc) is 3.46. The Morgan fingerprint density at radius 3 is 2.86 bits per heavy atom. The third kappa shape index (κ3) is 4.20. The molecule has 7 heteroatoms. The van der Waals surface area contributed by atoms with Crippen LogP contribution >= 0.6 is 23.5 Å². The number of imidazole rings is 1. The zero-order valence-corrected chi connectivity index (χ0v) is 17.7. The van der Waals surface area contributed by atoms with Crippen molar-refractivity contribution in [3.8, 4) is 0 Å². The van der Waals surface area contributed by atoms with Gasteiger partial charge in [0.2, 0.25) is 0 Å². The maximum absolute atomic E-state index is 12.8. The fraction of sp³-hybridized carbons (Fsp3) is 0.381. The number of hydrogen-bond donors (Lipinski definition) is 0. The van der Waals surface area contributed by atoms with Crippen LogP contribution in [-0.2, 0) is 10.5 Å². The van der Waals surface area contributed by atoms with E-state index in [2.05, 4.69) is 29.9 Å². The number of pyridine rings is 1. The quantitative estimate of drug-likeness (QED) is 0.474. The molecule has 1 aliphatic rings. The number of para-hydroxylation sites is 2. The van der Waals surface area contributed by atoms with E-state index in [0.29, 0.717) is 23.4 Å². The van der Waals surface area contributed by atoms with E-state index in [0.717, 1.165) is 35.3 Å². The van der Waals surface area contributed by atoms with E-state index in [9.17, 15) is 4.79 Å². The molecule has 1 aliphatic carbocycles. The van der Waals surface area contributed by atoms with Crippen molar-refractivity contribution in [2.45, 2.75) is 42.5 Å². The Kier molecular flexibility index (Phi) is 5.92. The molecule has 0 aliphatic heterocycles. The lowest BCUT2D eigenvalue weighted by molar-refractivity contribution is 0.141. The highest BCUT2D eigenvalue weighted by molar-refractivity contribution is 7.99. The van der Waals surface area contributed by atoms with Crippen LogP contribution in [0.2, 0.25) is 0 Å². The second-order valence-electron chi connectivity index (χ2n) is 6.84. The summed E-state index contributed by atoms with van der Waals surface area (Å²) in [5.41, 5.74) is 3.80. The van der Waals surface area contributed by atoms with Crippen LogP contribution in [0.3, 0.4) is 0 Å². The van der Waals surface area contributed by atoms with Crippen LogP contribution in [0.15, 0.2) is 46.6 Å². The van der Waals surface area contributed by atoms with Crippen molar-refractivity contribution in [1.29, 1.82) is 0 Å². The Bertz CT molecular complexity index is 998. The van der Waals surface area contributed by atoms with E-state index in [1.807, 2.05) is 42.2 Å².